The molecule has 0 atom stereocenters. The Hall–Kier alpha value is -2.36. The van der Waals surface area contributed by atoms with Crippen molar-refractivity contribution in [3.63, 3.8) is 0 Å². The first-order valence-corrected chi connectivity index (χ1v) is 7.87. The maximum atomic E-state index is 12.8. The maximum absolute atomic E-state index is 12.8. The maximum Gasteiger partial charge on any atom is 0.453 e. The number of methoxy groups -OCH3 is 1. The number of nitrogens with zero attached hydrogens (tertiary/aromatic N) is 3. The first-order valence-electron chi connectivity index (χ1n) is 7.46. The highest BCUT2D eigenvalue weighted by Gasteiger charge is 2.37. The molecule has 0 aliphatic heterocycles. The molecule has 0 bridgehead atoms. The SMILES string of the molecule is CCCCOc1ccc(/C=N\n2c(C(F)(F)F)n[nH]c2=S)cc1OC. The summed E-state index contributed by atoms with van der Waals surface area (Å²) in [5.74, 6) is -0.198. The molecule has 0 unspecified atom stereocenters. The molecule has 1 aromatic carbocycles. The number of ether oxygens (including phenoxy) is 2. The molecule has 2 rings (SSSR count). The monoisotopic (exact) mass is 374 g/mol. The number of aromatic nitrogens is 3. The van der Waals surface area contributed by atoms with E-state index < -0.39 is 12.0 Å². The zero-order chi connectivity index (χ0) is 18.4. The minimum absolute atomic E-state index is 0.255. The molecule has 0 spiro atoms. The molecule has 0 fully saturated rings. The van der Waals surface area contributed by atoms with Gasteiger partial charge in [0.2, 0.25) is 4.77 Å². The van der Waals surface area contributed by atoms with Gasteiger partial charge in [-0.1, -0.05) is 13.3 Å². The fourth-order valence-corrected chi connectivity index (χ4v) is 2.10. The second-order valence-corrected chi connectivity index (χ2v) is 5.41. The van der Waals surface area contributed by atoms with E-state index in [0.717, 1.165) is 12.8 Å². The largest absolute Gasteiger partial charge is 0.493 e. The van der Waals surface area contributed by atoms with Crippen molar-refractivity contribution in [2.75, 3.05) is 13.7 Å². The van der Waals surface area contributed by atoms with Crippen LogP contribution in [-0.2, 0) is 6.18 Å². The summed E-state index contributed by atoms with van der Waals surface area (Å²) in [4.78, 5) is 0. The Bertz CT molecular complexity index is 799. The summed E-state index contributed by atoms with van der Waals surface area (Å²) in [6.07, 6.45) is -1.52. The van der Waals surface area contributed by atoms with E-state index >= 15 is 0 Å². The van der Waals surface area contributed by atoms with Crippen molar-refractivity contribution in [2.24, 2.45) is 5.10 Å². The Kier molecular flexibility index (Phi) is 6.18. The smallest absolute Gasteiger partial charge is 0.453 e. The van der Waals surface area contributed by atoms with Crippen LogP contribution in [0.4, 0.5) is 13.2 Å². The third-order valence-electron chi connectivity index (χ3n) is 3.17. The van der Waals surface area contributed by atoms with E-state index in [2.05, 4.69) is 22.2 Å². The van der Waals surface area contributed by atoms with Crippen molar-refractivity contribution < 1.29 is 22.6 Å². The number of nitrogens with one attached hydrogen (secondary N) is 1. The summed E-state index contributed by atoms with van der Waals surface area (Å²) >= 11 is 4.77. The van der Waals surface area contributed by atoms with Crippen LogP contribution in [0.1, 0.15) is 31.2 Å². The molecule has 0 saturated heterocycles. The molecule has 10 heteroatoms. The molecule has 0 aliphatic carbocycles. The molecule has 6 nitrogen and oxygen atoms in total. The quantitative estimate of drug-likeness (QED) is 0.452. The lowest BCUT2D eigenvalue weighted by Crippen LogP contribution is -2.12. The van der Waals surface area contributed by atoms with Gasteiger partial charge in [-0.05, 0) is 42.4 Å². The van der Waals surface area contributed by atoms with Crippen molar-refractivity contribution in [3.05, 3.63) is 34.4 Å². The van der Waals surface area contributed by atoms with Crippen LogP contribution in [-0.4, -0.2) is 34.8 Å². The zero-order valence-corrected chi connectivity index (χ0v) is 14.4. The van der Waals surface area contributed by atoms with Crippen LogP contribution >= 0.6 is 12.2 Å². The highest BCUT2D eigenvalue weighted by Crippen LogP contribution is 2.29. The molecule has 0 saturated carbocycles. The second-order valence-electron chi connectivity index (χ2n) is 5.02. The topological polar surface area (TPSA) is 64.4 Å². The Balaban J connectivity index is 2.25. The summed E-state index contributed by atoms with van der Waals surface area (Å²) in [5.41, 5.74) is 0.524. The lowest BCUT2D eigenvalue weighted by molar-refractivity contribution is -0.147. The summed E-state index contributed by atoms with van der Waals surface area (Å²) in [5, 5.41) is 8.99. The summed E-state index contributed by atoms with van der Waals surface area (Å²) in [7, 11) is 1.48. The van der Waals surface area contributed by atoms with Gasteiger partial charge in [-0.3, -0.25) is 0 Å². The molecule has 2 aromatic rings. The normalized spacial score (nSPS) is 11.9. The van der Waals surface area contributed by atoms with E-state index in [9.17, 15) is 13.2 Å². The summed E-state index contributed by atoms with van der Waals surface area (Å²) in [6.45, 7) is 2.61. The third-order valence-corrected chi connectivity index (χ3v) is 3.43. The molecular weight excluding hydrogens is 357 g/mol. The van der Waals surface area contributed by atoms with Crippen molar-refractivity contribution in [1.29, 1.82) is 0 Å². The number of unbranched alkanes of at least 4 members (excludes halogenated alkanes) is 1. The molecule has 136 valence electrons. The molecule has 1 aromatic heterocycles. The van der Waals surface area contributed by atoms with Crippen LogP contribution in [0, 0.1) is 4.77 Å². The van der Waals surface area contributed by atoms with Crippen LogP contribution in [0.5, 0.6) is 11.5 Å². The standard InChI is InChI=1S/C15H17F3N4O2S/c1-3-4-7-24-11-6-5-10(8-12(11)23-2)9-19-22-13(15(16,17)18)20-21-14(22)25/h5-6,8-9H,3-4,7H2,1-2H3,(H,21,25)/b19-9-. The van der Waals surface area contributed by atoms with E-state index in [-0.39, 0.29) is 4.77 Å². The van der Waals surface area contributed by atoms with Crippen LogP contribution in [0.3, 0.4) is 0 Å². The number of alkyl halides is 3. The Morgan fingerprint density at radius 1 is 1.36 bits per heavy atom. The van der Waals surface area contributed by atoms with Crippen LogP contribution in [0.2, 0.25) is 0 Å². The van der Waals surface area contributed by atoms with E-state index in [1.165, 1.54) is 13.3 Å². The Morgan fingerprint density at radius 2 is 2.12 bits per heavy atom. The number of benzene rings is 1. The average Bonchev–Trinajstić information content (AvgIpc) is 2.95. The molecule has 1 N–H and O–H groups in total. The zero-order valence-electron chi connectivity index (χ0n) is 13.6. The lowest BCUT2D eigenvalue weighted by atomic mass is 10.2. The predicted molar refractivity (Wildman–Crippen MR) is 88.8 cm³/mol. The van der Waals surface area contributed by atoms with Crippen LogP contribution in [0.15, 0.2) is 23.3 Å². The minimum atomic E-state index is -4.67. The van der Waals surface area contributed by atoms with Gasteiger partial charge in [0.05, 0.1) is 19.9 Å². The van der Waals surface area contributed by atoms with E-state index in [4.69, 9.17) is 21.7 Å². The molecule has 0 aliphatic rings. The van der Waals surface area contributed by atoms with Gasteiger partial charge in [-0.2, -0.15) is 22.9 Å². The van der Waals surface area contributed by atoms with Gasteiger partial charge in [0.1, 0.15) is 0 Å². The molecule has 0 amide bonds. The molecular formula is C15H17F3N4O2S. The summed E-state index contributed by atoms with van der Waals surface area (Å²) < 4.78 is 49.7. The lowest BCUT2D eigenvalue weighted by Gasteiger charge is -2.10. The fraction of sp³-hybridized carbons (Fsp3) is 0.400. The molecule has 1 heterocycles. The number of H-pyrrole nitrogens is 1. The van der Waals surface area contributed by atoms with Crippen LogP contribution in [0.25, 0.3) is 0 Å². The first kappa shape index (κ1) is 19.0. The predicted octanol–water partition coefficient (Wildman–Crippen LogP) is 4.03. The second kappa shape index (κ2) is 8.15. The van der Waals surface area contributed by atoms with Gasteiger partial charge < -0.3 is 9.47 Å². The van der Waals surface area contributed by atoms with Gasteiger partial charge in [-0.15, -0.1) is 5.10 Å². The highest BCUT2D eigenvalue weighted by atomic mass is 32.1. The van der Waals surface area contributed by atoms with Gasteiger partial charge >= 0.3 is 6.18 Å². The number of hydrogen-bond donors (Lipinski definition) is 1. The molecule has 0 radical (unpaired) electrons. The van der Waals surface area contributed by atoms with Gasteiger partial charge in [0.15, 0.2) is 11.5 Å². The Morgan fingerprint density at radius 3 is 2.76 bits per heavy atom. The van der Waals surface area contributed by atoms with Crippen molar-refractivity contribution in [1.82, 2.24) is 14.9 Å². The highest BCUT2D eigenvalue weighted by molar-refractivity contribution is 7.71. The number of rotatable bonds is 7. The van der Waals surface area contributed by atoms with E-state index in [0.29, 0.717) is 28.3 Å². The van der Waals surface area contributed by atoms with Gasteiger partial charge in [0.25, 0.3) is 5.82 Å². The third kappa shape index (κ3) is 4.81. The minimum Gasteiger partial charge on any atom is -0.493 e. The first-order chi connectivity index (χ1) is 11.9. The van der Waals surface area contributed by atoms with Crippen molar-refractivity contribution in [2.45, 2.75) is 25.9 Å². The van der Waals surface area contributed by atoms with E-state index in [1.54, 1.807) is 18.2 Å². The van der Waals surface area contributed by atoms with Crippen molar-refractivity contribution in [3.8, 4) is 11.5 Å². The number of aromatic amines is 1. The number of hydrogen-bond acceptors (Lipinski definition) is 5. The summed E-state index contributed by atoms with van der Waals surface area (Å²) in [6, 6.07) is 4.95. The fourth-order valence-electron chi connectivity index (χ4n) is 1.92. The van der Waals surface area contributed by atoms with Crippen LogP contribution < -0.4 is 9.47 Å². The number of halogens is 3. The van der Waals surface area contributed by atoms with Crippen molar-refractivity contribution >= 4 is 18.4 Å². The molecule has 25 heavy (non-hydrogen) atoms. The van der Waals surface area contributed by atoms with E-state index in [1.807, 2.05) is 0 Å². The Labute approximate surface area is 147 Å². The van der Waals surface area contributed by atoms with Gasteiger partial charge in [-0.25, -0.2) is 5.10 Å². The average molecular weight is 374 g/mol. The van der Waals surface area contributed by atoms with Gasteiger partial charge in [0, 0.05) is 0 Å².